The highest BCUT2D eigenvalue weighted by Gasteiger charge is 2.35. The molecule has 1 aliphatic rings. The van der Waals surface area contributed by atoms with Crippen molar-refractivity contribution in [2.24, 2.45) is 0 Å². The first-order valence-electron chi connectivity index (χ1n) is 5.25. The summed E-state index contributed by atoms with van der Waals surface area (Å²) < 4.78 is 6.87. The Morgan fingerprint density at radius 2 is 2.35 bits per heavy atom. The van der Waals surface area contributed by atoms with Gasteiger partial charge in [-0.15, -0.1) is 0 Å². The molecule has 0 aromatic carbocycles. The van der Waals surface area contributed by atoms with Crippen LogP contribution in [0.15, 0.2) is 15.8 Å². The molecule has 0 bridgehead atoms. The van der Waals surface area contributed by atoms with Gasteiger partial charge in [0, 0.05) is 11.8 Å². The van der Waals surface area contributed by atoms with Gasteiger partial charge >= 0.3 is 5.69 Å². The van der Waals surface area contributed by atoms with Crippen molar-refractivity contribution in [2.45, 2.75) is 30.5 Å². The molecule has 3 atom stereocenters. The number of aromatic amines is 1. The summed E-state index contributed by atoms with van der Waals surface area (Å²) >= 11 is 3.41. The Bertz CT molecular complexity index is 524. The number of hydrogen-bond acceptors (Lipinski definition) is 4. The predicted molar refractivity (Wildman–Crippen MR) is 64.4 cm³/mol. The van der Waals surface area contributed by atoms with E-state index < -0.39 is 17.5 Å². The van der Waals surface area contributed by atoms with Crippen molar-refractivity contribution in [3.05, 3.63) is 32.6 Å². The van der Waals surface area contributed by atoms with Gasteiger partial charge in [0.2, 0.25) is 0 Å². The van der Waals surface area contributed by atoms with Gasteiger partial charge in [-0.2, -0.15) is 0 Å². The summed E-state index contributed by atoms with van der Waals surface area (Å²) in [5, 5.41) is 9.03. The minimum Gasteiger partial charge on any atom is -0.394 e. The number of H-pyrrole nitrogens is 1. The van der Waals surface area contributed by atoms with Crippen LogP contribution >= 0.6 is 15.9 Å². The maximum absolute atomic E-state index is 11.7. The van der Waals surface area contributed by atoms with Gasteiger partial charge < -0.3 is 9.84 Å². The molecule has 94 valence electrons. The Kier molecular flexibility index (Phi) is 3.50. The zero-order valence-electron chi connectivity index (χ0n) is 9.22. The number of nitrogens with one attached hydrogen (secondary N) is 1. The van der Waals surface area contributed by atoms with Crippen LogP contribution in [0.25, 0.3) is 0 Å². The Labute approximate surface area is 105 Å². The second-order valence-corrected chi connectivity index (χ2v) is 5.24. The molecule has 1 aromatic rings. The number of aryl methyl sites for hydroxylation is 1. The monoisotopic (exact) mass is 304 g/mol. The number of rotatable bonds is 2. The summed E-state index contributed by atoms with van der Waals surface area (Å²) in [5.74, 6) is 0. The number of aliphatic hydroxyl groups excluding tert-OH is 1. The Hall–Kier alpha value is -0.920. The SMILES string of the molecule is Cc1cn([C@H]2O[C@H](CO)C[C@H]2Br)c(=O)[nH]c1=O. The minimum atomic E-state index is -0.506. The lowest BCUT2D eigenvalue weighted by Gasteiger charge is -2.17. The van der Waals surface area contributed by atoms with E-state index in [1.807, 2.05) is 0 Å². The molecule has 6 nitrogen and oxygen atoms in total. The van der Waals surface area contributed by atoms with Crippen LogP contribution < -0.4 is 11.2 Å². The van der Waals surface area contributed by atoms with Crippen molar-refractivity contribution in [1.29, 1.82) is 0 Å². The Morgan fingerprint density at radius 1 is 1.65 bits per heavy atom. The van der Waals surface area contributed by atoms with E-state index in [1.165, 1.54) is 10.8 Å². The molecule has 1 fully saturated rings. The van der Waals surface area contributed by atoms with Gasteiger partial charge in [-0.05, 0) is 13.3 Å². The fraction of sp³-hybridized carbons (Fsp3) is 0.600. The van der Waals surface area contributed by atoms with E-state index in [0.717, 1.165) is 0 Å². The molecular formula is C10H13BrN2O4. The topological polar surface area (TPSA) is 84.3 Å². The van der Waals surface area contributed by atoms with E-state index in [0.29, 0.717) is 12.0 Å². The van der Waals surface area contributed by atoms with Crippen LogP contribution in [0.2, 0.25) is 0 Å². The molecule has 7 heteroatoms. The van der Waals surface area contributed by atoms with Crippen molar-refractivity contribution in [3.8, 4) is 0 Å². The number of aliphatic hydroxyl groups is 1. The summed E-state index contributed by atoms with van der Waals surface area (Å²) in [6.45, 7) is 1.53. The standard InChI is InChI=1S/C10H13BrN2O4/c1-5-3-13(10(16)12-8(5)15)9-7(11)2-6(4-14)17-9/h3,6-7,9,14H,2,4H2,1H3,(H,12,15,16)/t6-,7+,9-/m0/s1. The van der Waals surface area contributed by atoms with Gasteiger partial charge in [0.1, 0.15) is 0 Å². The molecule has 2 N–H and O–H groups in total. The number of aromatic nitrogens is 2. The third-order valence-electron chi connectivity index (χ3n) is 2.75. The van der Waals surface area contributed by atoms with Crippen LogP contribution in [0.5, 0.6) is 0 Å². The van der Waals surface area contributed by atoms with Crippen LogP contribution in [0.3, 0.4) is 0 Å². The van der Waals surface area contributed by atoms with Crippen molar-refractivity contribution >= 4 is 15.9 Å². The average Bonchev–Trinajstić information content (AvgIpc) is 2.65. The third kappa shape index (κ3) is 2.36. The van der Waals surface area contributed by atoms with E-state index in [1.54, 1.807) is 6.92 Å². The number of ether oxygens (including phenoxy) is 1. The quantitative estimate of drug-likeness (QED) is 0.747. The summed E-state index contributed by atoms with van der Waals surface area (Å²) in [7, 11) is 0. The smallest absolute Gasteiger partial charge is 0.330 e. The molecule has 1 aromatic heterocycles. The maximum Gasteiger partial charge on any atom is 0.330 e. The molecule has 17 heavy (non-hydrogen) atoms. The highest BCUT2D eigenvalue weighted by atomic mass is 79.9. The summed E-state index contributed by atoms with van der Waals surface area (Å²) in [6.07, 6.45) is 1.30. The van der Waals surface area contributed by atoms with Gasteiger partial charge in [0.15, 0.2) is 6.23 Å². The maximum atomic E-state index is 11.7. The normalized spacial score (nSPS) is 28.5. The minimum absolute atomic E-state index is 0.0670. The van der Waals surface area contributed by atoms with E-state index in [4.69, 9.17) is 9.84 Å². The predicted octanol–water partition coefficient (Wildman–Crippen LogP) is -0.112. The molecule has 0 radical (unpaired) electrons. The van der Waals surface area contributed by atoms with Gasteiger partial charge in [-0.1, -0.05) is 15.9 Å². The van der Waals surface area contributed by atoms with Gasteiger partial charge in [-0.3, -0.25) is 14.3 Å². The fourth-order valence-electron chi connectivity index (χ4n) is 1.84. The molecule has 1 saturated heterocycles. The first-order valence-corrected chi connectivity index (χ1v) is 6.17. The van der Waals surface area contributed by atoms with Gasteiger partial charge in [-0.25, -0.2) is 4.79 Å². The molecule has 0 aliphatic carbocycles. The van der Waals surface area contributed by atoms with Crippen molar-refractivity contribution in [1.82, 2.24) is 9.55 Å². The lowest BCUT2D eigenvalue weighted by Crippen LogP contribution is -2.35. The van der Waals surface area contributed by atoms with Crippen LogP contribution in [-0.2, 0) is 4.74 Å². The molecule has 0 amide bonds. The second kappa shape index (κ2) is 4.75. The molecule has 2 heterocycles. The lowest BCUT2D eigenvalue weighted by molar-refractivity contribution is -0.0232. The highest BCUT2D eigenvalue weighted by molar-refractivity contribution is 9.09. The average molecular weight is 305 g/mol. The second-order valence-electron chi connectivity index (χ2n) is 4.06. The van der Waals surface area contributed by atoms with E-state index in [-0.39, 0.29) is 17.5 Å². The van der Waals surface area contributed by atoms with E-state index in [9.17, 15) is 9.59 Å². The number of nitrogens with zero attached hydrogens (tertiary/aromatic N) is 1. The molecule has 0 unspecified atom stereocenters. The molecule has 0 spiro atoms. The van der Waals surface area contributed by atoms with Crippen LogP contribution in [0, 0.1) is 6.92 Å². The molecular weight excluding hydrogens is 292 g/mol. The lowest BCUT2D eigenvalue weighted by atomic mass is 10.2. The van der Waals surface area contributed by atoms with Gasteiger partial charge in [0.05, 0.1) is 17.5 Å². The first kappa shape index (κ1) is 12.5. The third-order valence-corrected chi connectivity index (χ3v) is 3.58. The number of halogens is 1. The first-order chi connectivity index (χ1) is 8.02. The summed E-state index contributed by atoms with van der Waals surface area (Å²) in [4.78, 5) is 25.1. The van der Waals surface area contributed by atoms with Gasteiger partial charge in [0.25, 0.3) is 5.56 Å². The molecule has 2 rings (SSSR count). The van der Waals surface area contributed by atoms with Crippen molar-refractivity contribution < 1.29 is 9.84 Å². The molecule has 1 aliphatic heterocycles. The van der Waals surface area contributed by atoms with Crippen LogP contribution in [-0.4, -0.2) is 32.2 Å². The van der Waals surface area contributed by atoms with E-state index in [2.05, 4.69) is 20.9 Å². The van der Waals surface area contributed by atoms with Crippen molar-refractivity contribution in [3.63, 3.8) is 0 Å². The number of alkyl halides is 1. The Balaban J connectivity index is 2.38. The fourth-order valence-corrected chi connectivity index (χ4v) is 2.63. The summed E-state index contributed by atoms with van der Waals surface area (Å²) in [5.41, 5.74) is -0.455. The van der Waals surface area contributed by atoms with Crippen LogP contribution in [0.1, 0.15) is 18.2 Å². The number of hydrogen-bond donors (Lipinski definition) is 2. The summed E-state index contributed by atoms with van der Waals surface area (Å²) in [6, 6.07) is 0. The van der Waals surface area contributed by atoms with Crippen LogP contribution in [0.4, 0.5) is 0 Å². The van der Waals surface area contributed by atoms with E-state index >= 15 is 0 Å². The Morgan fingerprint density at radius 3 is 2.94 bits per heavy atom. The molecule has 0 saturated carbocycles. The van der Waals surface area contributed by atoms with Crippen molar-refractivity contribution in [2.75, 3.05) is 6.61 Å². The zero-order valence-corrected chi connectivity index (χ0v) is 10.8. The highest BCUT2D eigenvalue weighted by Crippen LogP contribution is 2.32. The zero-order chi connectivity index (χ0) is 12.6. The largest absolute Gasteiger partial charge is 0.394 e.